The Morgan fingerprint density at radius 1 is 1.00 bits per heavy atom. The van der Waals surface area contributed by atoms with Crippen LogP contribution in [0.1, 0.15) is 25.6 Å². The monoisotopic (exact) mass is 396 g/mol. The fraction of sp³-hybridized carbons (Fsp3) is 0.273. The number of aliphatic carboxylic acids is 1. The number of carboxylic acids is 1. The molecule has 0 bridgehead atoms. The molecule has 152 valence electrons. The number of hydrogen-bond donors (Lipinski definition) is 1. The minimum Gasteiger partial charge on any atom is -0.710 e. The van der Waals surface area contributed by atoms with Crippen LogP contribution in [0.5, 0.6) is 11.5 Å². The number of nitrogens with zero attached hydrogens (tertiary/aromatic N) is 2. The Kier molecular flexibility index (Phi) is 5.77. The number of hydrogen-bond acceptors (Lipinski definition) is 4. The maximum atomic E-state index is 13.3. The SMILES string of the molecule is COc1ccc(-c2c(-c3ccc(OC)cc3)[n+]([O-])c(C(C)C)n2CC(=O)O)cc1. The average molecular weight is 396 g/mol. The van der Waals surface area contributed by atoms with Crippen molar-refractivity contribution in [3.63, 3.8) is 0 Å². The molecule has 0 saturated heterocycles. The Morgan fingerprint density at radius 2 is 1.48 bits per heavy atom. The highest BCUT2D eigenvalue weighted by Gasteiger charge is 2.32. The van der Waals surface area contributed by atoms with Gasteiger partial charge >= 0.3 is 5.97 Å². The van der Waals surface area contributed by atoms with E-state index in [0.29, 0.717) is 34.3 Å². The van der Waals surface area contributed by atoms with Gasteiger partial charge in [0.1, 0.15) is 11.5 Å². The number of rotatable bonds is 7. The molecule has 1 aromatic heterocycles. The molecule has 0 saturated carbocycles. The van der Waals surface area contributed by atoms with E-state index >= 15 is 0 Å². The van der Waals surface area contributed by atoms with Gasteiger partial charge in [-0.1, -0.05) is 13.8 Å². The fourth-order valence-corrected chi connectivity index (χ4v) is 3.45. The molecule has 0 aliphatic carbocycles. The largest absolute Gasteiger partial charge is 0.710 e. The standard InChI is InChI=1S/C22H24N2O5/c1-14(2)22-23(13-19(25)26)20(15-5-9-17(28-3)10-6-15)21(24(22)27)16-7-11-18(29-4)12-8-16/h5-12,14H,13H2,1-4H3,(H,25,26). The zero-order chi connectivity index (χ0) is 21.1. The molecule has 0 unspecified atom stereocenters. The van der Waals surface area contributed by atoms with Gasteiger partial charge in [0.2, 0.25) is 0 Å². The van der Waals surface area contributed by atoms with Gasteiger partial charge in [0.25, 0.3) is 5.82 Å². The zero-order valence-electron chi connectivity index (χ0n) is 16.9. The third-order valence-electron chi connectivity index (χ3n) is 4.72. The second-order valence-corrected chi connectivity index (χ2v) is 6.94. The van der Waals surface area contributed by atoms with Gasteiger partial charge in [-0.3, -0.25) is 0 Å². The first-order valence-electron chi connectivity index (χ1n) is 9.24. The highest BCUT2D eigenvalue weighted by Crippen LogP contribution is 2.35. The van der Waals surface area contributed by atoms with Crippen molar-refractivity contribution in [2.24, 2.45) is 0 Å². The summed E-state index contributed by atoms with van der Waals surface area (Å²) in [5, 5.41) is 22.8. The second-order valence-electron chi connectivity index (χ2n) is 6.94. The van der Waals surface area contributed by atoms with E-state index in [9.17, 15) is 15.1 Å². The summed E-state index contributed by atoms with van der Waals surface area (Å²) in [6.45, 7) is 3.43. The molecule has 1 N–H and O–H groups in total. The molecule has 2 aromatic carbocycles. The molecule has 7 nitrogen and oxygen atoms in total. The van der Waals surface area contributed by atoms with Crippen LogP contribution in [-0.4, -0.2) is 29.9 Å². The van der Waals surface area contributed by atoms with E-state index < -0.39 is 5.97 Å². The molecule has 0 radical (unpaired) electrons. The number of methoxy groups -OCH3 is 2. The van der Waals surface area contributed by atoms with Gasteiger partial charge < -0.3 is 19.8 Å². The summed E-state index contributed by atoms with van der Waals surface area (Å²) in [6, 6.07) is 14.4. The summed E-state index contributed by atoms with van der Waals surface area (Å²) in [4.78, 5) is 11.6. The maximum absolute atomic E-state index is 13.3. The van der Waals surface area contributed by atoms with Crippen molar-refractivity contribution >= 4 is 5.97 Å². The van der Waals surface area contributed by atoms with Gasteiger partial charge in [0.15, 0.2) is 17.9 Å². The Labute approximate surface area is 169 Å². The molecular formula is C22H24N2O5. The van der Waals surface area contributed by atoms with Crippen LogP contribution in [0.2, 0.25) is 0 Å². The summed E-state index contributed by atoms with van der Waals surface area (Å²) in [5.74, 6) is 0.555. The molecule has 0 aliphatic heterocycles. The van der Waals surface area contributed by atoms with Crippen molar-refractivity contribution in [3.05, 3.63) is 59.6 Å². The summed E-state index contributed by atoms with van der Waals surface area (Å²) >= 11 is 0. The summed E-state index contributed by atoms with van der Waals surface area (Å²) in [6.07, 6.45) is 0. The number of ether oxygens (including phenoxy) is 2. The molecule has 1 heterocycles. The van der Waals surface area contributed by atoms with Crippen molar-refractivity contribution in [3.8, 4) is 34.0 Å². The average Bonchev–Trinajstić information content (AvgIpc) is 2.99. The van der Waals surface area contributed by atoms with E-state index in [1.54, 1.807) is 55.2 Å². The van der Waals surface area contributed by atoms with E-state index in [2.05, 4.69) is 0 Å². The second kappa shape index (κ2) is 8.26. The predicted molar refractivity (Wildman–Crippen MR) is 109 cm³/mol. The van der Waals surface area contributed by atoms with Crippen molar-refractivity contribution in [2.45, 2.75) is 26.3 Å². The summed E-state index contributed by atoms with van der Waals surface area (Å²) in [7, 11) is 3.15. The molecule has 0 spiro atoms. The van der Waals surface area contributed by atoms with Crippen LogP contribution in [0, 0.1) is 5.21 Å². The number of imidazole rings is 1. The van der Waals surface area contributed by atoms with E-state index in [4.69, 9.17) is 9.47 Å². The molecular weight excluding hydrogens is 372 g/mol. The minimum absolute atomic E-state index is 0.171. The number of aromatic nitrogens is 2. The van der Waals surface area contributed by atoms with E-state index in [-0.39, 0.29) is 12.5 Å². The maximum Gasteiger partial charge on any atom is 0.346 e. The van der Waals surface area contributed by atoms with Crippen LogP contribution < -0.4 is 14.2 Å². The van der Waals surface area contributed by atoms with Crippen molar-refractivity contribution in [2.75, 3.05) is 14.2 Å². The lowest BCUT2D eigenvalue weighted by Gasteiger charge is -2.10. The fourth-order valence-electron chi connectivity index (χ4n) is 3.45. The van der Waals surface area contributed by atoms with E-state index in [1.165, 1.54) is 0 Å². The first-order valence-corrected chi connectivity index (χ1v) is 9.24. The quantitative estimate of drug-likeness (QED) is 0.486. The first-order chi connectivity index (χ1) is 13.9. The molecule has 0 atom stereocenters. The van der Waals surface area contributed by atoms with Crippen LogP contribution in [0.4, 0.5) is 0 Å². The Morgan fingerprint density at radius 3 is 1.90 bits per heavy atom. The zero-order valence-corrected chi connectivity index (χ0v) is 16.9. The van der Waals surface area contributed by atoms with Crippen LogP contribution in [0.15, 0.2) is 48.5 Å². The normalized spacial score (nSPS) is 10.9. The predicted octanol–water partition coefficient (Wildman–Crippen LogP) is 3.68. The molecule has 0 amide bonds. The van der Waals surface area contributed by atoms with Gasteiger partial charge in [-0.05, 0) is 48.5 Å². The van der Waals surface area contributed by atoms with Gasteiger partial charge in [-0.2, -0.15) is 0 Å². The Hall–Kier alpha value is -3.48. The van der Waals surface area contributed by atoms with Gasteiger partial charge in [-0.15, -0.1) is 0 Å². The number of benzene rings is 2. The summed E-state index contributed by atoms with van der Waals surface area (Å²) < 4.78 is 12.9. The smallest absolute Gasteiger partial charge is 0.346 e. The Bertz CT molecular complexity index is 1010. The van der Waals surface area contributed by atoms with Gasteiger partial charge in [0.05, 0.1) is 20.1 Å². The van der Waals surface area contributed by atoms with E-state index in [0.717, 1.165) is 10.3 Å². The van der Waals surface area contributed by atoms with Crippen LogP contribution >= 0.6 is 0 Å². The third-order valence-corrected chi connectivity index (χ3v) is 4.72. The van der Waals surface area contributed by atoms with Gasteiger partial charge in [-0.25, -0.2) is 14.1 Å². The highest BCUT2D eigenvalue weighted by atomic mass is 16.5. The van der Waals surface area contributed by atoms with Crippen molar-refractivity contribution in [1.29, 1.82) is 0 Å². The molecule has 3 rings (SSSR count). The Balaban J connectivity index is 2.33. The lowest BCUT2D eigenvalue weighted by atomic mass is 10.0. The van der Waals surface area contributed by atoms with E-state index in [1.807, 2.05) is 26.0 Å². The minimum atomic E-state index is -1.02. The molecule has 0 aliphatic rings. The summed E-state index contributed by atoms with van der Waals surface area (Å²) in [5.41, 5.74) is 2.37. The molecule has 0 fully saturated rings. The van der Waals surface area contributed by atoms with Gasteiger partial charge in [0, 0.05) is 11.1 Å². The lowest BCUT2D eigenvalue weighted by Crippen LogP contribution is -2.34. The van der Waals surface area contributed by atoms with Crippen LogP contribution in [0.25, 0.3) is 22.5 Å². The topological polar surface area (TPSA) is 87.6 Å². The van der Waals surface area contributed by atoms with Crippen molar-refractivity contribution in [1.82, 2.24) is 4.57 Å². The lowest BCUT2D eigenvalue weighted by molar-refractivity contribution is -0.603. The first kappa shape index (κ1) is 20.3. The highest BCUT2D eigenvalue weighted by molar-refractivity contribution is 5.79. The van der Waals surface area contributed by atoms with Crippen LogP contribution in [0.3, 0.4) is 0 Å². The number of carboxylic acid groups (broad SMARTS) is 1. The number of carbonyl (C=O) groups is 1. The van der Waals surface area contributed by atoms with Crippen LogP contribution in [-0.2, 0) is 11.3 Å². The van der Waals surface area contributed by atoms with Crippen molar-refractivity contribution < 1.29 is 24.1 Å². The third kappa shape index (κ3) is 3.89. The molecule has 3 aromatic rings. The molecule has 29 heavy (non-hydrogen) atoms. The molecule has 7 heteroatoms.